The number of hydrogen-bond donors (Lipinski definition) is 2. The maximum absolute atomic E-state index is 12.8. The van der Waals surface area contributed by atoms with Gasteiger partial charge in [0.05, 0.1) is 25.8 Å². The summed E-state index contributed by atoms with van der Waals surface area (Å²) in [6.45, 7) is 0.454. The summed E-state index contributed by atoms with van der Waals surface area (Å²) in [6, 6.07) is 17.5. The Morgan fingerprint density at radius 1 is 0.879 bits per heavy atom. The van der Waals surface area contributed by atoms with Crippen molar-refractivity contribution in [2.24, 2.45) is 0 Å². The molecule has 2 N–H and O–H groups in total. The molecule has 10 heteroatoms. The van der Waals surface area contributed by atoms with Gasteiger partial charge in [-0.15, -0.1) is 0 Å². The average molecular weight is 491 g/mol. The van der Waals surface area contributed by atoms with Crippen LogP contribution >= 0.6 is 11.6 Å². The molecular weight excluding hydrogens is 468 g/mol. The van der Waals surface area contributed by atoms with E-state index in [0.717, 1.165) is 0 Å². The molecule has 0 saturated heterocycles. The third-order valence-corrected chi connectivity index (χ3v) is 6.40. The van der Waals surface area contributed by atoms with Gasteiger partial charge in [-0.1, -0.05) is 11.6 Å². The average Bonchev–Trinajstić information content (AvgIpc) is 2.82. The summed E-state index contributed by atoms with van der Waals surface area (Å²) in [6.07, 6.45) is 0. The number of methoxy groups -OCH3 is 2. The van der Waals surface area contributed by atoms with Gasteiger partial charge in [-0.25, -0.2) is 8.42 Å². The normalized spacial score (nSPS) is 10.9. The zero-order valence-corrected chi connectivity index (χ0v) is 19.6. The molecule has 8 nitrogen and oxygen atoms in total. The Kier molecular flexibility index (Phi) is 8.02. The van der Waals surface area contributed by atoms with Crippen LogP contribution in [-0.4, -0.2) is 41.7 Å². The van der Waals surface area contributed by atoms with E-state index < -0.39 is 15.9 Å². The maximum atomic E-state index is 12.8. The Hall–Kier alpha value is -3.43. The summed E-state index contributed by atoms with van der Waals surface area (Å²) in [5.41, 5.74) is 0.483. The number of amides is 1. The highest BCUT2D eigenvalue weighted by molar-refractivity contribution is 7.92. The molecule has 0 radical (unpaired) electrons. The van der Waals surface area contributed by atoms with E-state index in [4.69, 9.17) is 25.8 Å². The number of benzene rings is 3. The number of hydrogen-bond acceptors (Lipinski definition) is 6. The first-order chi connectivity index (χ1) is 15.8. The standard InChI is InChI=1S/C23H23ClN2O6S/c1-30-18-6-4-17(5-7-18)26-33(28,29)22-15-16(3-12-21(22)24)23(27)25-13-14-32-20-10-8-19(31-2)9-11-20/h3-12,15,26H,13-14H2,1-2H3,(H,25,27). The molecule has 3 rings (SSSR count). The van der Waals surface area contributed by atoms with Gasteiger partial charge in [0.25, 0.3) is 15.9 Å². The van der Waals surface area contributed by atoms with E-state index in [2.05, 4.69) is 10.0 Å². The van der Waals surface area contributed by atoms with E-state index in [9.17, 15) is 13.2 Å². The van der Waals surface area contributed by atoms with Crippen LogP contribution in [0.15, 0.2) is 71.6 Å². The highest BCUT2D eigenvalue weighted by Gasteiger charge is 2.20. The van der Waals surface area contributed by atoms with Crippen LogP contribution in [0.5, 0.6) is 17.2 Å². The second-order valence-electron chi connectivity index (χ2n) is 6.76. The number of ether oxygens (including phenoxy) is 3. The molecule has 0 saturated carbocycles. The molecule has 1 amide bonds. The fraction of sp³-hybridized carbons (Fsp3) is 0.174. The topological polar surface area (TPSA) is 103 Å². The van der Waals surface area contributed by atoms with Crippen molar-refractivity contribution in [3.05, 3.63) is 77.3 Å². The number of sulfonamides is 1. The minimum atomic E-state index is -4.02. The molecule has 3 aromatic rings. The molecule has 0 aliphatic rings. The minimum absolute atomic E-state index is 0.00426. The van der Waals surface area contributed by atoms with Crippen molar-refractivity contribution in [1.82, 2.24) is 5.32 Å². The molecule has 0 bridgehead atoms. The van der Waals surface area contributed by atoms with Crippen LogP contribution in [0.4, 0.5) is 5.69 Å². The van der Waals surface area contributed by atoms with Crippen LogP contribution in [0.3, 0.4) is 0 Å². The smallest absolute Gasteiger partial charge is 0.263 e. The number of halogens is 1. The number of nitrogens with one attached hydrogen (secondary N) is 2. The lowest BCUT2D eigenvalue weighted by atomic mass is 10.2. The summed E-state index contributed by atoms with van der Waals surface area (Å²) in [4.78, 5) is 12.3. The van der Waals surface area contributed by atoms with E-state index in [-0.39, 0.29) is 28.6 Å². The predicted molar refractivity (Wildman–Crippen MR) is 126 cm³/mol. The number of anilines is 1. The van der Waals surface area contributed by atoms with E-state index in [1.807, 2.05) is 0 Å². The van der Waals surface area contributed by atoms with Gasteiger partial charge in [-0.2, -0.15) is 0 Å². The number of rotatable bonds is 10. The lowest BCUT2D eigenvalue weighted by molar-refractivity contribution is 0.0947. The molecule has 0 fully saturated rings. The lowest BCUT2D eigenvalue weighted by Gasteiger charge is -2.12. The van der Waals surface area contributed by atoms with Crippen molar-refractivity contribution in [2.45, 2.75) is 4.90 Å². The van der Waals surface area contributed by atoms with Crippen LogP contribution in [-0.2, 0) is 10.0 Å². The number of carbonyl (C=O) groups excluding carboxylic acids is 1. The van der Waals surface area contributed by atoms with Crippen molar-refractivity contribution in [3.8, 4) is 17.2 Å². The van der Waals surface area contributed by atoms with Crippen molar-refractivity contribution in [2.75, 3.05) is 32.1 Å². The molecule has 0 atom stereocenters. The summed E-state index contributed by atoms with van der Waals surface area (Å²) in [5, 5.41) is 2.69. The third-order valence-electron chi connectivity index (χ3n) is 4.54. The molecule has 0 unspecified atom stereocenters. The quantitative estimate of drug-likeness (QED) is 0.417. The van der Waals surface area contributed by atoms with Crippen molar-refractivity contribution in [3.63, 3.8) is 0 Å². The maximum Gasteiger partial charge on any atom is 0.263 e. The Balaban J connectivity index is 1.62. The molecule has 0 aliphatic heterocycles. The molecule has 0 heterocycles. The molecular formula is C23H23ClN2O6S. The predicted octanol–water partition coefficient (Wildman–Crippen LogP) is 3.97. The van der Waals surface area contributed by atoms with Crippen molar-refractivity contribution in [1.29, 1.82) is 0 Å². The molecule has 0 spiro atoms. The second kappa shape index (κ2) is 10.9. The van der Waals surface area contributed by atoms with E-state index >= 15 is 0 Å². The molecule has 3 aromatic carbocycles. The fourth-order valence-corrected chi connectivity index (χ4v) is 4.41. The van der Waals surface area contributed by atoms with Gasteiger partial charge in [0, 0.05) is 11.3 Å². The zero-order valence-electron chi connectivity index (χ0n) is 18.0. The summed E-state index contributed by atoms with van der Waals surface area (Å²) < 4.78 is 43.8. The van der Waals surface area contributed by atoms with E-state index in [1.54, 1.807) is 55.6 Å². The third kappa shape index (κ3) is 6.53. The molecule has 33 heavy (non-hydrogen) atoms. The van der Waals surface area contributed by atoms with Gasteiger partial charge in [0.15, 0.2) is 0 Å². The van der Waals surface area contributed by atoms with Gasteiger partial charge in [0.1, 0.15) is 28.8 Å². The van der Waals surface area contributed by atoms with Crippen LogP contribution < -0.4 is 24.2 Å². The Morgan fingerprint density at radius 2 is 1.45 bits per heavy atom. The summed E-state index contributed by atoms with van der Waals surface area (Å²) in [5.74, 6) is 1.48. The van der Waals surface area contributed by atoms with E-state index in [1.165, 1.54) is 25.3 Å². The minimum Gasteiger partial charge on any atom is -0.497 e. The fourth-order valence-electron chi connectivity index (χ4n) is 2.83. The van der Waals surface area contributed by atoms with Crippen LogP contribution in [0.25, 0.3) is 0 Å². The molecule has 174 valence electrons. The second-order valence-corrected chi connectivity index (χ2v) is 8.82. The van der Waals surface area contributed by atoms with Gasteiger partial charge >= 0.3 is 0 Å². The Labute approximate surface area is 197 Å². The number of carbonyl (C=O) groups is 1. The summed E-state index contributed by atoms with van der Waals surface area (Å²) in [7, 11) is -0.932. The van der Waals surface area contributed by atoms with Gasteiger partial charge < -0.3 is 19.5 Å². The van der Waals surface area contributed by atoms with Gasteiger partial charge in [-0.3, -0.25) is 9.52 Å². The van der Waals surface area contributed by atoms with Crippen LogP contribution in [0.1, 0.15) is 10.4 Å². The first-order valence-electron chi connectivity index (χ1n) is 9.84. The molecule has 0 aliphatic carbocycles. The monoisotopic (exact) mass is 490 g/mol. The lowest BCUT2D eigenvalue weighted by Crippen LogP contribution is -2.28. The highest BCUT2D eigenvalue weighted by atomic mass is 35.5. The van der Waals surface area contributed by atoms with Gasteiger partial charge in [-0.05, 0) is 66.7 Å². The first kappa shape index (κ1) is 24.2. The van der Waals surface area contributed by atoms with Crippen LogP contribution in [0.2, 0.25) is 5.02 Å². The molecule has 0 aromatic heterocycles. The van der Waals surface area contributed by atoms with Crippen molar-refractivity contribution >= 4 is 33.2 Å². The van der Waals surface area contributed by atoms with E-state index in [0.29, 0.717) is 22.9 Å². The van der Waals surface area contributed by atoms with Gasteiger partial charge in [0.2, 0.25) is 0 Å². The highest BCUT2D eigenvalue weighted by Crippen LogP contribution is 2.26. The summed E-state index contributed by atoms with van der Waals surface area (Å²) >= 11 is 6.12. The Morgan fingerprint density at radius 3 is 2.06 bits per heavy atom. The van der Waals surface area contributed by atoms with Crippen LogP contribution in [0, 0.1) is 0 Å². The SMILES string of the molecule is COc1ccc(NS(=O)(=O)c2cc(C(=O)NCCOc3ccc(OC)cc3)ccc2Cl)cc1. The zero-order chi connectivity index (χ0) is 23.8. The largest absolute Gasteiger partial charge is 0.497 e. The van der Waals surface area contributed by atoms with Crippen molar-refractivity contribution < 1.29 is 27.4 Å². The first-order valence-corrected chi connectivity index (χ1v) is 11.7. The Bertz CT molecular complexity index is 1200.